The van der Waals surface area contributed by atoms with E-state index in [-0.39, 0.29) is 0 Å². The average Bonchev–Trinajstić information content (AvgIpc) is 2.31. The van der Waals surface area contributed by atoms with Crippen LogP contribution in [0.15, 0.2) is 12.4 Å². The summed E-state index contributed by atoms with van der Waals surface area (Å²) in [4.78, 5) is 8.10. The number of aromatic nitrogens is 2. The van der Waals surface area contributed by atoms with Gasteiger partial charge in [-0.15, -0.1) is 0 Å². The van der Waals surface area contributed by atoms with Crippen LogP contribution in [-0.4, -0.2) is 9.97 Å². The molecule has 0 saturated heterocycles. The second kappa shape index (κ2) is 4.88. The van der Waals surface area contributed by atoms with E-state index in [0.29, 0.717) is 5.69 Å². The Morgan fingerprint density at radius 3 is 2.80 bits per heavy atom. The number of hydrogen-bond acceptors (Lipinski definition) is 3. The van der Waals surface area contributed by atoms with Gasteiger partial charge in [-0.2, -0.15) is 5.26 Å². The van der Waals surface area contributed by atoms with E-state index in [0.717, 1.165) is 18.0 Å². The van der Waals surface area contributed by atoms with Crippen LogP contribution in [0.1, 0.15) is 43.5 Å². The predicted octanol–water partition coefficient (Wildman–Crippen LogP) is 2.47. The molecule has 0 aliphatic heterocycles. The molecule has 0 atom stereocenters. The van der Waals surface area contributed by atoms with Gasteiger partial charge in [0.05, 0.1) is 0 Å². The zero-order valence-electron chi connectivity index (χ0n) is 8.82. The lowest BCUT2D eigenvalue weighted by molar-refractivity contribution is 0.354. The van der Waals surface area contributed by atoms with Crippen LogP contribution in [0.2, 0.25) is 0 Å². The highest BCUT2D eigenvalue weighted by molar-refractivity contribution is 5.21. The summed E-state index contributed by atoms with van der Waals surface area (Å²) in [5.41, 5.74) is 1.50. The molecule has 0 radical (unpaired) electrons. The van der Waals surface area contributed by atoms with Gasteiger partial charge in [-0.1, -0.05) is 32.1 Å². The third-order valence-electron chi connectivity index (χ3n) is 3.06. The maximum absolute atomic E-state index is 8.73. The Morgan fingerprint density at radius 1 is 1.27 bits per heavy atom. The van der Waals surface area contributed by atoms with Gasteiger partial charge in [-0.05, 0) is 18.4 Å². The summed E-state index contributed by atoms with van der Waals surface area (Å²) in [5.74, 6) is 0.764. The molecule has 1 aromatic rings. The van der Waals surface area contributed by atoms with Gasteiger partial charge in [0.1, 0.15) is 18.1 Å². The molecule has 2 rings (SSSR count). The van der Waals surface area contributed by atoms with Crippen LogP contribution in [0.5, 0.6) is 0 Å². The first-order chi connectivity index (χ1) is 7.38. The molecule has 1 saturated carbocycles. The summed E-state index contributed by atoms with van der Waals surface area (Å²) in [6.45, 7) is 0. The van der Waals surface area contributed by atoms with E-state index < -0.39 is 0 Å². The Balaban J connectivity index is 2.00. The van der Waals surface area contributed by atoms with Gasteiger partial charge < -0.3 is 0 Å². The van der Waals surface area contributed by atoms with Crippen LogP contribution < -0.4 is 0 Å². The highest BCUT2D eigenvalue weighted by atomic mass is 14.8. The lowest BCUT2D eigenvalue weighted by Gasteiger charge is -2.20. The number of nitrogens with zero attached hydrogens (tertiary/aromatic N) is 3. The first-order valence-electron chi connectivity index (χ1n) is 5.59. The van der Waals surface area contributed by atoms with E-state index >= 15 is 0 Å². The van der Waals surface area contributed by atoms with Crippen molar-refractivity contribution in [2.24, 2.45) is 5.92 Å². The van der Waals surface area contributed by atoms with Crippen LogP contribution in [0.4, 0.5) is 0 Å². The normalized spacial score (nSPS) is 17.3. The predicted molar refractivity (Wildman–Crippen MR) is 57.0 cm³/mol. The molecular weight excluding hydrogens is 186 g/mol. The fourth-order valence-electron chi connectivity index (χ4n) is 2.26. The van der Waals surface area contributed by atoms with Crippen LogP contribution >= 0.6 is 0 Å². The molecule has 0 bridgehead atoms. The first kappa shape index (κ1) is 10.1. The quantitative estimate of drug-likeness (QED) is 0.738. The molecular formula is C12H15N3. The third kappa shape index (κ3) is 2.76. The van der Waals surface area contributed by atoms with E-state index in [1.807, 2.05) is 6.07 Å². The Hall–Kier alpha value is -1.43. The molecule has 3 heteroatoms. The van der Waals surface area contributed by atoms with E-state index in [9.17, 15) is 0 Å². The van der Waals surface area contributed by atoms with Crippen molar-refractivity contribution in [1.29, 1.82) is 5.26 Å². The van der Waals surface area contributed by atoms with E-state index in [1.165, 1.54) is 38.4 Å². The molecule has 0 aromatic carbocycles. The van der Waals surface area contributed by atoms with Crippen molar-refractivity contribution < 1.29 is 0 Å². The Morgan fingerprint density at radius 2 is 2.07 bits per heavy atom. The Bertz CT molecular complexity index is 361. The summed E-state index contributed by atoms with van der Waals surface area (Å²) in [6.07, 6.45) is 9.21. The average molecular weight is 201 g/mol. The van der Waals surface area contributed by atoms with Gasteiger partial charge in [0, 0.05) is 5.69 Å². The topological polar surface area (TPSA) is 49.6 Å². The summed E-state index contributed by atoms with van der Waals surface area (Å²) < 4.78 is 0. The van der Waals surface area contributed by atoms with Crippen LogP contribution in [-0.2, 0) is 6.42 Å². The molecule has 78 valence electrons. The Labute approximate surface area is 90.2 Å². The van der Waals surface area contributed by atoms with Gasteiger partial charge in [-0.3, -0.25) is 0 Å². The highest BCUT2D eigenvalue weighted by Crippen LogP contribution is 2.26. The van der Waals surface area contributed by atoms with Gasteiger partial charge in [0.15, 0.2) is 0 Å². The summed E-state index contributed by atoms with van der Waals surface area (Å²) in [6, 6.07) is 3.87. The first-order valence-corrected chi connectivity index (χ1v) is 5.59. The maximum atomic E-state index is 8.73. The standard InChI is InChI=1S/C12H15N3/c13-8-12-7-11(14-9-15-12)6-10-4-2-1-3-5-10/h7,9-10H,1-6H2. The highest BCUT2D eigenvalue weighted by Gasteiger charge is 2.14. The maximum Gasteiger partial charge on any atom is 0.144 e. The summed E-state index contributed by atoms with van der Waals surface area (Å²) in [5, 5.41) is 8.73. The van der Waals surface area contributed by atoms with Crippen molar-refractivity contribution >= 4 is 0 Å². The minimum absolute atomic E-state index is 0.482. The number of hydrogen-bond donors (Lipinski definition) is 0. The zero-order valence-corrected chi connectivity index (χ0v) is 8.82. The van der Waals surface area contributed by atoms with Gasteiger partial charge >= 0.3 is 0 Å². The number of nitriles is 1. The van der Waals surface area contributed by atoms with Crippen molar-refractivity contribution in [2.45, 2.75) is 38.5 Å². The van der Waals surface area contributed by atoms with Crippen molar-refractivity contribution in [3.63, 3.8) is 0 Å². The van der Waals surface area contributed by atoms with Crippen molar-refractivity contribution in [1.82, 2.24) is 9.97 Å². The fourth-order valence-corrected chi connectivity index (χ4v) is 2.26. The van der Waals surface area contributed by atoms with E-state index in [1.54, 1.807) is 0 Å². The van der Waals surface area contributed by atoms with E-state index in [4.69, 9.17) is 5.26 Å². The zero-order chi connectivity index (χ0) is 10.5. The Kier molecular flexibility index (Phi) is 3.29. The molecule has 15 heavy (non-hydrogen) atoms. The van der Waals surface area contributed by atoms with E-state index in [2.05, 4.69) is 16.0 Å². The second-order valence-corrected chi connectivity index (χ2v) is 4.21. The summed E-state index contributed by atoms with van der Waals surface area (Å²) >= 11 is 0. The van der Waals surface area contributed by atoms with Crippen molar-refractivity contribution in [2.75, 3.05) is 0 Å². The molecule has 1 fully saturated rings. The lowest BCUT2D eigenvalue weighted by atomic mass is 9.86. The fraction of sp³-hybridized carbons (Fsp3) is 0.583. The van der Waals surface area contributed by atoms with Gasteiger partial charge in [-0.25, -0.2) is 9.97 Å². The van der Waals surface area contributed by atoms with Crippen LogP contribution in [0.3, 0.4) is 0 Å². The molecule has 1 aliphatic carbocycles. The smallest absolute Gasteiger partial charge is 0.144 e. The minimum Gasteiger partial charge on any atom is -0.241 e. The molecule has 1 heterocycles. The van der Waals surface area contributed by atoms with Crippen LogP contribution in [0.25, 0.3) is 0 Å². The van der Waals surface area contributed by atoms with Gasteiger partial charge in [0.2, 0.25) is 0 Å². The molecule has 1 aliphatic rings. The minimum atomic E-state index is 0.482. The molecule has 0 amide bonds. The lowest BCUT2D eigenvalue weighted by Crippen LogP contribution is -2.10. The molecule has 0 N–H and O–H groups in total. The SMILES string of the molecule is N#Cc1cc(CC2CCCCC2)ncn1. The monoisotopic (exact) mass is 201 g/mol. The molecule has 0 unspecified atom stereocenters. The van der Waals surface area contributed by atoms with Crippen molar-refractivity contribution in [3.8, 4) is 6.07 Å². The largest absolute Gasteiger partial charge is 0.241 e. The second-order valence-electron chi connectivity index (χ2n) is 4.21. The molecule has 3 nitrogen and oxygen atoms in total. The molecule has 1 aromatic heterocycles. The van der Waals surface area contributed by atoms with Crippen molar-refractivity contribution in [3.05, 3.63) is 23.8 Å². The van der Waals surface area contributed by atoms with Gasteiger partial charge in [0.25, 0.3) is 0 Å². The summed E-state index contributed by atoms with van der Waals surface area (Å²) in [7, 11) is 0. The number of rotatable bonds is 2. The third-order valence-corrected chi connectivity index (χ3v) is 3.06. The molecule has 0 spiro atoms. The van der Waals surface area contributed by atoms with Crippen LogP contribution in [0, 0.1) is 17.2 Å².